The van der Waals surface area contributed by atoms with Gasteiger partial charge in [-0.1, -0.05) is 25.5 Å². The van der Waals surface area contributed by atoms with E-state index in [2.05, 4.69) is 28.2 Å². The molecule has 0 amide bonds. The first kappa shape index (κ1) is 12.1. The van der Waals surface area contributed by atoms with E-state index in [0.717, 1.165) is 37.8 Å². The van der Waals surface area contributed by atoms with Crippen molar-refractivity contribution in [3.63, 3.8) is 0 Å². The summed E-state index contributed by atoms with van der Waals surface area (Å²) in [5.41, 5.74) is 0.684. The fourth-order valence-electron chi connectivity index (χ4n) is 2.68. The van der Waals surface area contributed by atoms with Crippen LogP contribution < -0.4 is 5.32 Å². The SMILES string of the molecule is CCCC1(c2cccc(Br)c2F)CCCN1. The lowest BCUT2D eigenvalue weighted by Gasteiger charge is -2.30. The molecule has 0 radical (unpaired) electrons. The third-order valence-electron chi connectivity index (χ3n) is 3.39. The van der Waals surface area contributed by atoms with Crippen molar-refractivity contribution in [1.29, 1.82) is 0 Å². The van der Waals surface area contributed by atoms with Crippen molar-refractivity contribution in [3.8, 4) is 0 Å². The van der Waals surface area contributed by atoms with E-state index < -0.39 is 0 Å². The molecule has 1 heterocycles. The molecule has 1 aromatic carbocycles. The highest BCUT2D eigenvalue weighted by Gasteiger charge is 2.36. The van der Waals surface area contributed by atoms with Crippen LogP contribution in [0.15, 0.2) is 22.7 Å². The summed E-state index contributed by atoms with van der Waals surface area (Å²) in [4.78, 5) is 0. The second-order valence-electron chi connectivity index (χ2n) is 4.46. The normalized spacial score (nSPS) is 24.9. The van der Waals surface area contributed by atoms with Crippen LogP contribution in [0.1, 0.15) is 38.2 Å². The van der Waals surface area contributed by atoms with Gasteiger partial charge in [-0.15, -0.1) is 0 Å². The Balaban J connectivity index is 2.42. The van der Waals surface area contributed by atoms with Crippen LogP contribution in [0.25, 0.3) is 0 Å². The summed E-state index contributed by atoms with van der Waals surface area (Å²) in [7, 11) is 0. The maximum absolute atomic E-state index is 14.1. The van der Waals surface area contributed by atoms with Crippen LogP contribution in [0.4, 0.5) is 4.39 Å². The molecule has 1 saturated heterocycles. The Kier molecular flexibility index (Phi) is 3.65. The molecular weight excluding hydrogens is 269 g/mol. The van der Waals surface area contributed by atoms with Gasteiger partial charge < -0.3 is 5.32 Å². The minimum atomic E-state index is -0.136. The Hall–Kier alpha value is -0.410. The van der Waals surface area contributed by atoms with Gasteiger partial charge in [-0.2, -0.15) is 0 Å². The summed E-state index contributed by atoms with van der Waals surface area (Å²) in [5.74, 6) is -0.106. The molecule has 1 fully saturated rings. The van der Waals surface area contributed by atoms with Crippen LogP contribution in [0, 0.1) is 5.82 Å². The van der Waals surface area contributed by atoms with Crippen molar-refractivity contribution in [2.24, 2.45) is 0 Å². The number of nitrogens with one attached hydrogen (secondary N) is 1. The fourth-order valence-corrected chi connectivity index (χ4v) is 3.05. The van der Waals surface area contributed by atoms with E-state index in [9.17, 15) is 4.39 Å². The number of hydrogen-bond donors (Lipinski definition) is 1. The molecule has 0 aromatic heterocycles. The number of rotatable bonds is 3. The van der Waals surface area contributed by atoms with Gasteiger partial charge in [-0.3, -0.25) is 0 Å². The van der Waals surface area contributed by atoms with Crippen molar-refractivity contribution in [1.82, 2.24) is 5.32 Å². The van der Waals surface area contributed by atoms with E-state index in [0.29, 0.717) is 4.47 Å². The summed E-state index contributed by atoms with van der Waals surface area (Å²) < 4.78 is 14.7. The molecule has 1 aromatic rings. The maximum Gasteiger partial charge on any atom is 0.142 e. The molecule has 0 bridgehead atoms. The molecule has 1 nitrogen and oxygen atoms in total. The fraction of sp³-hybridized carbons (Fsp3) is 0.538. The molecule has 0 spiro atoms. The third kappa shape index (κ3) is 2.03. The Labute approximate surface area is 105 Å². The van der Waals surface area contributed by atoms with Crippen molar-refractivity contribution in [2.45, 2.75) is 38.1 Å². The van der Waals surface area contributed by atoms with Gasteiger partial charge in [0.05, 0.1) is 4.47 Å². The molecule has 1 unspecified atom stereocenters. The van der Waals surface area contributed by atoms with Gasteiger partial charge in [-0.05, 0) is 47.8 Å². The predicted octanol–water partition coefficient (Wildman–Crippen LogP) is 3.97. The second-order valence-corrected chi connectivity index (χ2v) is 5.32. The third-order valence-corrected chi connectivity index (χ3v) is 4.00. The first-order valence-corrected chi connectivity index (χ1v) is 6.68. The molecule has 16 heavy (non-hydrogen) atoms. The zero-order valence-corrected chi connectivity index (χ0v) is 11.1. The van der Waals surface area contributed by atoms with E-state index in [4.69, 9.17) is 0 Å². The zero-order valence-electron chi connectivity index (χ0n) is 9.52. The van der Waals surface area contributed by atoms with Gasteiger partial charge in [0.1, 0.15) is 5.82 Å². The summed E-state index contributed by atoms with van der Waals surface area (Å²) >= 11 is 3.27. The van der Waals surface area contributed by atoms with Gasteiger partial charge >= 0.3 is 0 Å². The molecule has 1 atom stereocenters. The van der Waals surface area contributed by atoms with Crippen molar-refractivity contribution in [3.05, 3.63) is 34.1 Å². The van der Waals surface area contributed by atoms with Gasteiger partial charge in [0, 0.05) is 11.1 Å². The minimum absolute atomic E-state index is 0.106. The lowest BCUT2D eigenvalue weighted by molar-refractivity contribution is 0.340. The van der Waals surface area contributed by atoms with Gasteiger partial charge in [0.25, 0.3) is 0 Å². The van der Waals surface area contributed by atoms with E-state index in [1.165, 1.54) is 0 Å². The molecule has 0 saturated carbocycles. The molecule has 3 heteroatoms. The van der Waals surface area contributed by atoms with Crippen LogP contribution in [0.5, 0.6) is 0 Å². The largest absolute Gasteiger partial charge is 0.307 e. The van der Waals surface area contributed by atoms with Crippen LogP contribution in [0.2, 0.25) is 0 Å². The standard InChI is InChI=1S/C13H17BrFN/c1-2-7-13(8-4-9-16-13)10-5-3-6-11(14)12(10)15/h3,5-6,16H,2,4,7-9H2,1H3. The Morgan fingerprint density at radius 1 is 1.50 bits per heavy atom. The van der Waals surface area contributed by atoms with Crippen molar-refractivity contribution >= 4 is 15.9 Å². The van der Waals surface area contributed by atoms with Crippen LogP contribution >= 0.6 is 15.9 Å². The first-order chi connectivity index (χ1) is 7.69. The van der Waals surface area contributed by atoms with E-state index in [1.807, 2.05) is 12.1 Å². The van der Waals surface area contributed by atoms with Gasteiger partial charge in [-0.25, -0.2) is 4.39 Å². The number of benzene rings is 1. The number of halogens is 2. The monoisotopic (exact) mass is 285 g/mol. The molecule has 2 rings (SSSR count). The summed E-state index contributed by atoms with van der Waals surface area (Å²) in [5, 5.41) is 3.49. The van der Waals surface area contributed by atoms with Gasteiger partial charge in [0.2, 0.25) is 0 Å². The lowest BCUT2D eigenvalue weighted by Crippen LogP contribution is -2.37. The van der Waals surface area contributed by atoms with E-state index in [-0.39, 0.29) is 11.4 Å². The highest BCUT2D eigenvalue weighted by Crippen LogP contribution is 2.38. The van der Waals surface area contributed by atoms with Crippen molar-refractivity contribution < 1.29 is 4.39 Å². The molecule has 1 aliphatic heterocycles. The van der Waals surface area contributed by atoms with Crippen LogP contribution in [-0.2, 0) is 5.54 Å². The van der Waals surface area contributed by atoms with Gasteiger partial charge in [0.15, 0.2) is 0 Å². The highest BCUT2D eigenvalue weighted by molar-refractivity contribution is 9.10. The highest BCUT2D eigenvalue weighted by atomic mass is 79.9. The molecule has 0 aliphatic carbocycles. The average Bonchev–Trinajstić information content (AvgIpc) is 2.72. The second kappa shape index (κ2) is 4.84. The molecule has 1 N–H and O–H groups in total. The summed E-state index contributed by atoms with van der Waals surface area (Å²) in [6, 6.07) is 5.58. The quantitative estimate of drug-likeness (QED) is 0.886. The Morgan fingerprint density at radius 3 is 2.94 bits per heavy atom. The minimum Gasteiger partial charge on any atom is -0.307 e. The van der Waals surface area contributed by atoms with Crippen LogP contribution in [-0.4, -0.2) is 6.54 Å². The maximum atomic E-state index is 14.1. The molecule has 1 aliphatic rings. The van der Waals surface area contributed by atoms with Crippen LogP contribution in [0.3, 0.4) is 0 Å². The predicted molar refractivity (Wildman–Crippen MR) is 67.9 cm³/mol. The van der Waals surface area contributed by atoms with E-state index >= 15 is 0 Å². The smallest absolute Gasteiger partial charge is 0.142 e. The summed E-state index contributed by atoms with van der Waals surface area (Å²) in [6.07, 6.45) is 4.24. The number of hydrogen-bond acceptors (Lipinski definition) is 1. The lowest BCUT2D eigenvalue weighted by atomic mass is 9.84. The Bertz CT molecular complexity index is 372. The molecule has 88 valence electrons. The first-order valence-electron chi connectivity index (χ1n) is 5.89. The Morgan fingerprint density at radius 2 is 2.31 bits per heavy atom. The molecular formula is C13H17BrFN. The zero-order chi connectivity index (χ0) is 11.6. The summed E-state index contributed by atoms with van der Waals surface area (Å²) in [6.45, 7) is 3.14. The van der Waals surface area contributed by atoms with Crippen molar-refractivity contribution in [2.75, 3.05) is 6.54 Å². The topological polar surface area (TPSA) is 12.0 Å². The van der Waals surface area contributed by atoms with E-state index in [1.54, 1.807) is 6.07 Å². The average molecular weight is 286 g/mol.